The molecule has 0 saturated carbocycles. The number of benzene rings is 1. The van der Waals surface area contributed by atoms with Crippen molar-refractivity contribution in [2.45, 2.75) is 58.0 Å². The number of hydrogen-bond donors (Lipinski definition) is 2. The lowest BCUT2D eigenvalue weighted by molar-refractivity contribution is -0.917. The Morgan fingerprint density at radius 1 is 1.19 bits per heavy atom. The summed E-state index contributed by atoms with van der Waals surface area (Å²) < 4.78 is 27.5. The van der Waals surface area contributed by atoms with Crippen molar-refractivity contribution in [3.8, 4) is 0 Å². The molecular formula is C19H32N3O3S+. The van der Waals surface area contributed by atoms with Crippen LogP contribution in [0.5, 0.6) is 0 Å². The van der Waals surface area contributed by atoms with Crippen LogP contribution in [0.15, 0.2) is 23.1 Å². The van der Waals surface area contributed by atoms with E-state index in [0.29, 0.717) is 31.1 Å². The molecule has 146 valence electrons. The van der Waals surface area contributed by atoms with Gasteiger partial charge in [-0.05, 0) is 58.7 Å². The van der Waals surface area contributed by atoms with Gasteiger partial charge in [0.15, 0.2) is 6.04 Å². The minimum atomic E-state index is -3.49. The maximum atomic E-state index is 13.0. The molecule has 26 heavy (non-hydrogen) atoms. The third-order valence-electron chi connectivity index (χ3n) is 4.83. The molecule has 6 nitrogen and oxygen atoms in total. The van der Waals surface area contributed by atoms with Gasteiger partial charge in [0, 0.05) is 5.54 Å². The highest BCUT2D eigenvalue weighted by Crippen LogP contribution is 2.21. The molecule has 1 atom stereocenters. The minimum Gasteiger partial charge on any atom is -0.346 e. The van der Waals surface area contributed by atoms with E-state index in [4.69, 9.17) is 0 Å². The van der Waals surface area contributed by atoms with E-state index < -0.39 is 10.0 Å². The first-order valence-electron chi connectivity index (χ1n) is 9.16. The minimum absolute atomic E-state index is 0.0123. The first kappa shape index (κ1) is 20.9. The van der Waals surface area contributed by atoms with Gasteiger partial charge in [0.2, 0.25) is 10.0 Å². The molecule has 0 aromatic heterocycles. The van der Waals surface area contributed by atoms with Crippen LogP contribution in [0.3, 0.4) is 0 Å². The maximum Gasteiger partial charge on any atom is 0.278 e. The van der Waals surface area contributed by atoms with Crippen LogP contribution in [0, 0.1) is 13.8 Å². The number of amides is 1. The van der Waals surface area contributed by atoms with Crippen LogP contribution in [0.25, 0.3) is 0 Å². The van der Waals surface area contributed by atoms with E-state index in [2.05, 4.69) is 5.32 Å². The second-order valence-corrected chi connectivity index (χ2v) is 10.2. The Morgan fingerprint density at radius 3 is 2.31 bits per heavy atom. The van der Waals surface area contributed by atoms with Crippen molar-refractivity contribution in [1.82, 2.24) is 9.62 Å². The number of carbonyl (C=O) groups is 1. The summed E-state index contributed by atoms with van der Waals surface area (Å²) in [5.74, 6) is 0.0123. The fourth-order valence-electron chi connectivity index (χ4n) is 3.23. The molecular weight excluding hydrogens is 350 g/mol. The van der Waals surface area contributed by atoms with E-state index in [-0.39, 0.29) is 17.5 Å². The maximum absolute atomic E-state index is 13.0. The van der Waals surface area contributed by atoms with E-state index in [0.717, 1.165) is 16.0 Å². The number of carbonyl (C=O) groups excluding carboxylic acids is 1. The Kier molecular flexibility index (Phi) is 6.15. The topological polar surface area (TPSA) is 70.9 Å². The van der Waals surface area contributed by atoms with Crippen molar-refractivity contribution >= 4 is 15.9 Å². The van der Waals surface area contributed by atoms with E-state index in [9.17, 15) is 13.2 Å². The standard InChI is InChI=1S/C19H31N3O3S/c1-14-7-8-15(2)17(13-14)26(24,25)22-11-9-21(10-12-22)16(3)18(23)20-19(4,5)6/h7-8,13,16H,9-12H2,1-6H3,(H,20,23)/p+1/t16-/m0/s1. The van der Waals surface area contributed by atoms with Crippen LogP contribution in [-0.4, -0.2) is 56.4 Å². The summed E-state index contributed by atoms with van der Waals surface area (Å²) in [6.45, 7) is 13.6. The van der Waals surface area contributed by atoms with E-state index in [1.165, 1.54) is 0 Å². The molecule has 0 unspecified atom stereocenters. The summed E-state index contributed by atoms with van der Waals surface area (Å²) in [6, 6.07) is 5.32. The van der Waals surface area contributed by atoms with Gasteiger partial charge in [-0.3, -0.25) is 4.79 Å². The van der Waals surface area contributed by atoms with Gasteiger partial charge in [0.25, 0.3) is 5.91 Å². The average Bonchev–Trinajstić information content (AvgIpc) is 2.54. The molecule has 1 heterocycles. The molecule has 0 aliphatic carbocycles. The summed E-state index contributed by atoms with van der Waals surface area (Å²) in [5.41, 5.74) is 1.44. The van der Waals surface area contributed by atoms with Gasteiger partial charge < -0.3 is 10.2 Å². The van der Waals surface area contributed by atoms with E-state index in [1.807, 2.05) is 53.7 Å². The Labute approximate surface area is 157 Å². The first-order chi connectivity index (χ1) is 11.9. The highest BCUT2D eigenvalue weighted by Gasteiger charge is 2.35. The van der Waals surface area contributed by atoms with Gasteiger partial charge in [0.1, 0.15) is 0 Å². The zero-order chi connectivity index (χ0) is 19.7. The Hall–Kier alpha value is -1.44. The average molecular weight is 383 g/mol. The molecule has 2 rings (SSSR count). The van der Waals surface area contributed by atoms with Crippen molar-refractivity contribution in [3.05, 3.63) is 29.3 Å². The van der Waals surface area contributed by atoms with Crippen LogP contribution < -0.4 is 10.2 Å². The van der Waals surface area contributed by atoms with Crippen molar-refractivity contribution in [2.24, 2.45) is 0 Å². The van der Waals surface area contributed by atoms with E-state index in [1.54, 1.807) is 10.4 Å². The summed E-state index contributed by atoms with van der Waals surface area (Å²) in [5, 5.41) is 3.01. The summed E-state index contributed by atoms with van der Waals surface area (Å²) in [4.78, 5) is 13.9. The number of hydrogen-bond acceptors (Lipinski definition) is 3. The van der Waals surface area contributed by atoms with E-state index >= 15 is 0 Å². The van der Waals surface area contributed by atoms with Gasteiger partial charge in [-0.1, -0.05) is 12.1 Å². The molecule has 1 amide bonds. The third-order valence-corrected chi connectivity index (χ3v) is 6.87. The van der Waals surface area contributed by atoms with Gasteiger partial charge >= 0.3 is 0 Å². The van der Waals surface area contributed by atoms with Gasteiger partial charge in [-0.2, -0.15) is 4.31 Å². The molecule has 1 aromatic rings. The number of aryl methyl sites for hydroxylation is 2. The van der Waals surface area contributed by atoms with Crippen LogP contribution in [-0.2, 0) is 14.8 Å². The zero-order valence-electron chi connectivity index (χ0n) is 16.7. The molecule has 2 N–H and O–H groups in total. The molecule has 1 aliphatic rings. The molecule has 7 heteroatoms. The summed E-state index contributed by atoms with van der Waals surface area (Å²) in [7, 11) is -3.49. The van der Waals surface area contributed by atoms with Gasteiger partial charge in [-0.15, -0.1) is 0 Å². The molecule has 1 aliphatic heterocycles. The molecule has 0 spiro atoms. The van der Waals surface area contributed by atoms with Crippen LogP contribution >= 0.6 is 0 Å². The highest BCUT2D eigenvalue weighted by atomic mass is 32.2. The predicted octanol–water partition coefficient (Wildman–Crippen LogP) is 0.496. The quantitative estimate of drug-likeness (QED) is 0.797. The smallest absolute Gasteiger partial charge is 0.278 e. The third kappa shape index (κ3) is 4.84. The molecule has 1 saturated heterocycles. The monoisotopic (exact) mass is 382 g/mol. The first-order valence-corrected chi connectivity index (χ1v) is 10.6. The second kappa shape index (κ2) is 7.66. The van der Waals surface area contributed by atoms with Crippen LogP contribution in [0.4, 0.5) is 0 Å². The molecule has 0 radical (unpaired) electrons. The number of piperazine rings is 1. The Balaban J connectivity index is 2.06. The fraction of sp³-hybridized carbons (Fsp3) is 0.632. The summed E-state index contributed by atoms with van der Waals surface area (Å²) >= 11 is 0. The highest BCUT2D eigenvalue weighted by molar-refractivity contribution is 7.89. The lowest BCUT2D eigenvalue weighted by atomic mass is 10.1. The number of rotatable bonds is 4. The normalized spacial score (nSPS) is 18.5. The lowest BCUT2D eigenvalue weighted by Crippen LogP contribution is -3.19. The van der Waals surface area contributed by atoms with Crippen LogP contribution in [0.2, 0.25) is 0 Å². The fourth-order valence-corrected chi connectivity index (χ4v) is 4.99. The van der Waals surface area contributed by atoms with Gasteiger partial charge in [0.05, 0.1) is 31.1 Å². The lowest BCUT2D eigenvalue weighted by Gasteiger charge is -2.35. The number of nitrogens with one attached hydrogen (secondary N) is 2. The largest absolute Gasteiger partial charge is 0.346 e. The second-order valence-electron chi connectivity index (χ2n) is 8.29. The van der Waals surface area contributed by atoms with Crippen molar-refractivity contribution in [1.29, 1.82) is 0 Å². The number of sulfonamides is 1. The Morgan fingerprint density at radius 2 is 1.77 bits per heavy atom. The molecule has 1 fully saturated rings. The Bertz CT molecular complexity index is 761. The zero-order valence-corrected chi connectivity index (χ0v) is 17.5. The van der Waals surface area contributed by atoms with Crippen molar-refractivity contribution in [3.63, 3.8) is 0 Å². The van der Waals surface area contributed by atoms with Gasteiger partial charge in [-0.25, -0.2) is 8.42 Å². The summed E-state index contributed by atoms with van der Waals surface area (Å²) in [6.07, 6.45) is 0. The number of quaternary nitrogens is 1. The molecule has 0 bridgehead atoms. The number of nitrogens with zero attached hydrogens (tertiary/aromatic N) is 1. The predicted molar refractivity (Wildman–Crippen MR) is 103 cm³/mol. The van der Waals surface area contributed by atoms with Crippen molar-refractivity contribution in [2.75, 3.05) is 26.2 Å². The van der Waals surface area contributed by atoms with Crippen LogP contribution in [0.1, 0.15) is 38.8 Å². The SMILES string of the molecule is Cc1ccc(C)c(S(=O)(=O)N2CC[NH+]([C@@H](C)C(=O)NC(C)(C)C)CC2)c1. The molecule has 1 aromatic carbocycles. The van der Waals surface area contributed by atoms with Crippen molar-refractivity contribution < 1.29 is 18.1 Å².